The Morgan fingerprint density at radius 2 is 2.04 bits per heavy atom. The van der Waals surface area contributed by atoms with Crippen LogP contribution in [-0.2, 0) is 4.79 Å². The maximum Gasteiger partial charge on any atom is 0.234 e. The van der Waals surface area contributed by atoms with Gasteiger partial charge in [0.2, 0.25) is 11.1 Å². The van der Waals surface area contributed by atoms with Gasteiger partial charge in [-0.3, -0.25) is 4.79 Å². The van der Waals surface area contributed by atoms with Crippen LogP contribution in [0.1, 0.15) is 0 Å². The molecule has 0 saturated heterocycles. The largest absolute Gasteiger partial charge is 0.335 e. The summed E-state index contributed by atoms with van der Waals surface area (Å²) in [6.07, 6.45) is 1.97. The summed E-state index contributed by atoms with van der Waals surface area (Å²) in [5.41, 5.74) is 1.55. The van der Waals surface area contributed by atoms with Crippen molar-refractivity contribution >= 4 is 46.7 Å². The molecule has 0 atom stereocenters. The number of aromatic nitrogens is 3. The van der Waals surface area contributed by atoms with E-state index in [0.29, 0.717) is 16.0 Å². The van der Waals surface area contributed by atoms with Crippen molar-refractivity contribution in [2.45, 2.75) is 10.1 Å². The smallest absolute Gasteiger partial charge is 0.234 e. The number of hydrogen-bond acceptors (Lipinski definition) is 6. The second-order valence-corrected chi connectivity index (χ2v) is 7.45. The normalized spacial score (nSPS) is 10.7. The van der Waals surface area contributed by atoms with Gasteiger partial charge in [-0.05, 0) is 30.5 Å². The number of halogens is 1. The molecule has 3 N–H and O–H groups in total. The first kappa shape index (κ1) is 18.6. The van der Waals surface area contributed by atoms with Gasteiger partial charge in [-0.2, -0.15) is 0 Å². The third-order valence-electron chi connectivity index (χ3n) is 3.46. The van der Waals surface area contributed by atoms with Crippen LogP contribution >= 0.6 is 35.1 Å². The van der Waals surface area contributed by atoms with E-state index in [0.717, 1.165) is 16.1 Å². The molecular formula is C17H16ClN5OS2. The topological polar surface area (TPSA) is 85.8 Å². The molecule has 0 radical (unpaired) electrons. The van der Waals surface area contributed by atoms with E-state index in [1.165, 1.54) is 16.4 Å². The highest BCUT2D eigenvalue weighted by Crippen LogP contribution is 2.26. The Labute approximate surface area is 164 Å². The molecule has 0 aliphatic rings. The zero-order valence-electron chi connectivity index (χ0n) is 13.8. The molecule has 134 valence electrons. The second-order valence-electron chi connectivity index (χ2n) is 5.22. The molecule has 1 heterocycles. The molecule has 0 aliphatic carbocycles. The van der Waals surface area contributed by atoms with Crippen LogP contribution in [0, 0.1) is 0 Å². The average Bonchev–Trinajstić information content (AvgIpc) is 3.01. The summed E-state index contributed by atoms with van der Waals surface area (Å²) < 4.78 is 1.36. The SMILES string of the molecule is CSc1ccccc1NC(=O)CSc1nnc(-c2cccc(Cl)c2)n1N. The van der Waals surface area contributed by atoms with Gasteiger partial charge in [-0.1, -0.05) is 47.6 Å². The van der Waals surface area contributed by atoms with Gasteiger partial charge in [0.15, 0.2) is 5.82 Å². The number of rotatable bonds is 6. The van der Waals surface area contributed by atoms with Gasteiger partial charge in [0, 0.05) is 15.5 Å². The van der Waals surface area contributed by atoms with Crippen LogP contribution in [0.25, 0.3) is 11.4 Å². The number of nitrogens with two attached hydrogens (primary N) is 1. The standard InChI is InChI=1S/C17H16ClN5OS2/c1-25-14-8-3-2-7-13(14)20-15(24)10-26-17-22-21-16(23(17)19)11-5-4-6-12(18)9-11/h2-9H,10,19H2,1H3,(H,20,24). The fraction of sp³-hybridized carbons (Fsp3) is 0.118. The van der Waals surface area contributed by atoms with E-state index in [1.807, 2.05) is 42.7 Å². The molecule has 0 spiro atoms. The molecule has 0 bridgehead atoms. The molecule has 3 aromatic rings. The highest BCUT2D eigenvalue weighted by molar-refractivity contribution is 7.99. The first-order valence-electron chi connectivity index (χ1n) is 7.60. The lowest BCUT2D eigenvalue weighted by Crippen LogP contribution is -2.16. The third kappa shape index (κ3) is 4.32. The van der Waals surface area contributed by atoms with E-state index in [4.69, 9.17) is 17.4 Å². The van der Waals surface area contributed by atoms with Crippen LogP contribution < -0.4 is 11.2 Å². The maximum atomic E-state index is 12.2. The number of para-hydroxylation sites is 1. The Morgan fingerprint density at radius 1 is 1.23 bits per heavy atom. The van der Waals surface area contributed by atoms with Gasteiger partial charge >= 0.3 is 0 Å². The number of nitrogen functional groups attached to an aromatic ring is 1. The Balaban J connectivity index is 1.66. The van der Waals surface area contributed by atoms with Gasteiger partial charge in [0.1, 0.15) is 0 Å². The summed E-state index contributed by atoms with van der Waals surface area (Å²) in [5, 5.41) is 12.1. The number of anilines is 1. The van der Waals surface area contributed by atoms with Crippen molar-refractivity contribution in [3.63, 3.8) is 0 Å². The average molecular weight is 406 g/mol. The van der Waals surface area contributed by atoms with Gasteiger partial charge in [-0.25, -0.2) is 4.68 Å². The predicted molar refractivity (Wildman–Crippen MR) is 108 cm³/mol. The first-order chi connectivity index (χ1) is 12.6. The highest BCUT2D eigenvalue weighted by Gasteiger charge is 2.14. The molecule has 0 saturated carbocycles. The molecule has 0 unspecified atom stereocenters. The molecule has 3 rings (SSSR count). The third-order valence-corrected chi connectivity index (χ3v) is 5.43. The fourth-order valence-electron chi connectivity index (χ4n) is 2.26. The summed E-state index contributed by atoms with van der Waals surface area (Å²) in [6, 6.07) is 14.8. The Hall–Kier alpha value is -2.16. The zero-order chi connectivity index (χ0) is 18.5. The lowest BCUT2D eigenvalue weighted by molar-refractivity contribution is -0.113. The molecule has 0 fully saturated rings. The van der Waals surface area contributed by atoms with Crippen molar-refractivity contribution in [3.8, 4) is 11.4 Å². The van der Waals surface area contributed by atoms with E-state index in [-0.39, 0.29) is 11.7 Å². The Morgan fingerprint density at radius 3 is 2.81 bits per heavy atom. The summed E-state index contributed by atoms with van der Waals surface area (Å²) >= 11 is 8.80. The number of nitrogens with zero attached hydrogens (tertiary/aromatic N) is 3. The lowest BCUT2D eigenvalue weighted by Gasteiger charge is -2.09. The van der Waals surface area contributed by atoms with Crippen LogP contribution in [0.2, 0.25) is 5.02 Å². The minimum absolute atomic E-state index is 0.135. The quantitative estimate of drug-likeness (QED) is 0.479. The maximum absolute atomic E-state index is 12.2. The van der Waals surface area contributed by atoms with Crippen LogP contribution in [-0.4, -0.2) is 32.8 Å². The molecule has 26 heavy (non-hydrogen) atoms. The van der Waals surface area contributed by atoms with Crippen LogP contribution in [0.3, 0.4) is 0 Å². The number of benzene rings is 2. The van der Waals surface area contributed by atoms with Crippen molar-refractivity contribution in [2.75, 3.05) is 23.2 Å². The van der Waals surface area contributed by atoms with Crippen molar-refractivity contribution in [1.29, 1.82) is 0 Å². The van der Waals surface area contributed by atoms with Crippen molar-refractivity contribution in [1.82, 2.24) is 14.9 Å². The zero-order valence-corrected chi connectivity index (χ0v) is 16.2. The number of thioether (sulfide) groups is 2. The Kier molecular flexibility index (Phi) is 6.08. The van der Waals surface area contributed by atoms with E-state index in [9.17, 15) is 4.79 Å². The molecule has 6 nitrogen and oxygen atoms in total. The van der Waals surface area contributed by atoms with Crippen molar-refractivity contribution in [2.24, 2.45) is 0 Å². The number of nitrogens with one attached hydrogen (secondary N) is 1. The molecular weight excluding hydrogens is 390 g/mol. The van der Waals surface area contributed by atoms with Gasteiger partial charge < -0.3 is 11.2 Å². The molecule has 1 aromatic heterocycles. The Bertz CT molecular complexity index is 931. The number of carbonyl (C=O) groups excluding carboxylic acids is 1. The second kappa shape index (κ2) is 8.48. The molecule has 2 aromatic carbocycles. The predicted octanol–water partition coefficient (Wildman–Crippen LogP) is 3.77. The molecule has 9 heteroatoms. The summed E-state index contributed by atoms with van der Waals surface area (Å²) in [7, 11) is 0. The minimum Gasteiger partial charge on any atom is -0.335 e. The van der Waals surface area contributed by atoms with Gasteiger partial charge in [-0.15, -0.1) is 22.0 Å². The summed E-state index contributed by atoms with van der Waals surface area (Å²) in [4.78, 5) is 13.2. The van der Waals surface area contributed by atoms with Crippen molar-refractivity contribution in [3.05, 3.63) is 53.6 Å². The molecule has 0 aliphatic heterocycles. The summed E-state index contributed by atoms with van der Waals surface area (Å²) in [6.45, 7) is 0. The van der Waals surface area contributed by atoms with Crippen LogP contribution in [0.4, 0.5) is 5.69 Å². The number of carbonyl (C=O) groups is 1. The van der Waals surface area contributed by atoms with Crippen LogP contribution in [0.15, 0.2) is 58.6 Å². The number of hydrogen-bond donors (Lipinski definition) is 2. The fourth-order valence-corrected chi connectivity index (χ4v) is 3.66. The number of amides is 1. The van der Waals surface area contributed by atoms with E-state index >= 15 is 0 Å². The minimum atomic E-state index is -0.135. The van der Waals surface area contributed by atoms with Crippen LogP contribution in [0.5, 0.6) is 0 Å². The lowest BCUT2D eigenvalue weighted by atomic mass is 10.2. The van der Waals surface area contributed by atoms with E-state index < -0.39 is 0 Å². The van der Waals surface area contributed by atoms with Gasteiger partial charge in [0.05, 0.1) is 11.4 Å². The monoisotopic (exact) mass is 405 g/mol. The summed E-state index contributed by atoms with van der Waals surface area (Å²) in [5.74, 6) is 6.59. The van der Waals surface area contributed by atoms with Gasteiger partial charge in [0.25, 0.3) is 0 Å². The van der Waals surface area contributed by atoms with E-state index in [2.05, 4.69) is 15.5 Å². The molecule has 1 amide bonds. The van der Waals surface area contributed by atoms with E-state index in [1.54, 1.807) is 23.9 Å². The van der Waals surface area contributed by atoms with Crippen molar-refractivity contribution < 1.29 is 4.79 Å². The first-order valence-corrected chi connectivity index (χ1v) is 10.2. The highest BCUT2D eigenvalue weighted by atomic mass is 35.5.